The van der Waals surface area contributed by atoms with Crippen molar-refractivity contribution in [3.8, 4) is 16.9 Å². The lowest BCUT2D eigenvalue weighted by molar-refractivity contribution is 0.293. The summed E-state index contributed by atoms with van der Waals surface area (Å²) in [5.41, 5.74) is 4.29. The van der Waals surface area contributed by atoms with E-state index in [1.54, 1.807) is 16.0 Å². The van der Waals surface area contributed by atoms with Crippen LogP contribution in [0.4, 0.5) is 5.69 Å². The third kappa shape index (κ3) is 5.44. The number of rotatable bonds is 9. The Morgan fingerprint density at radius 1 is 1.06 bits per heavy atom. The number of benzene rings is 2. The summed E-state index contributed by atoms with van der Waals surface area (Å²) in [6, 6.07) is 18.0. The zero-order chi connectivity index (χ0) is 24.9. The summed E-state index contributed by atoms with van der Waals surface area (Å²) in [4.78, 5) is 21.7. The van der Waals surface area contributed by atoms with Gasteiger partial charge in [0.05, 0.1) is 17.1 Å². The van der Waals surface area contributed by atoms with E-state index in [1.165, 1.54) is 0 Å². The van der Waals surface area contributed by atoms with Gasteiger partial charge in [0.15, 0.2) is 10.5 Å². The smallest absolute Gasteiger partial charge is 0.297 e. The van der Waals surface area contributed by atoms with Gasteiger partial charge in [0.1, 0.15) is 0 Å². The van der Waals surface area contributed by atoms with Crippen molar-refractivity contribution in [1.29, 1.82) is 0 Å². The van der Waals surface area contributed by atoms with E-state index >= 15 is 0 Å². The van der Waals surface area contributed by atoms with E-state index < -0.39 is 0 Å². The molecule has 0 aliphatic carbocycles. The van der Waals surface area contributed by atoms with Crippen molar-refractivity contribution in [2.24, 2.45) is 12.0 Å². The number of aromatic nitrogens is 3. The van der Waals surface area contributed by atoms with Gasteiger partial charge >= 0.3 is 0 Å². The number of halogens is 1. The molecule has 2 aromatic carbocycles. The molecule has 8 heteroatoms. The van der Waals surface area contributed by atoms with Crippen LogP contribution in [0.3, 0.4) is 0 Å². The minimum Gasteiger partial charge on any atom is -0.316 e. The monoisotopic (exact) mass is 553 g/mol. The SMILES string of the molecule is CCN(CC)CCCn1c(-c2cccc(Br)c2)csc1=Nc1c(C)n(C)n(-c2ccccc2)c1=O. The van der Waals surface area contributed by atoms with Crippen molar-refractivity contribution in [2.45, 2.75) is 33.7 Å². The Bertz CT molecular complexity index is 1410. The van der Waals surface area contributed by atoms with E-state index in [0.717, 1.165) is 64.5 Å². The molecule has 0 atom stereocenters. The van der Waals surface area contributed by atoms with E-state index in [4.69, 9.17) is 4.99 Å². The predicted octanol–water partition coefficient (Wildman–Crippen LogP) is 5.74. The van der Waals surface area contributed by atoms with Crippen LogP contribution in [0.15, 0.2) is 74.2 Å². The maximum Gasteiger partial charge on any atom is 0.297 e. The standard InChI is InChI=1S/C27H32BrN5OS/c1-5-31(6-2)16-11-17-32-24(21-12-10-13-22(28)18-21)19-35-27(32)29-25-20(3)30(4)33(26(25)34)23-14-8-7-9-15-23/h7-10,12-15,18-19H,5-6,11,16-17H2,1-4H3. The van der Waals surface area contributed by atoms with Gasteiger partial charge in [-0.15, -0.1) is 11.3 Å². The van der Waals surface area contributed by atoms with Gasteiger partial charge in [-0.25, -0.2) is 9.67 Å². The first kappa shape index (κ1) is 25.4. The highest BCUT2D eigenvalue weighted by molar-refractivity contribution is 9.10. The number of hydrogen-bond donors (Lipinski definition) is 0. The van der Waals surface area contributed by atoms with Gasteiger partial charge in [-0.05, 0) is 57.2 Å². The highest BCUT2D eigenvalue weighted by atomic mass is 79.9. The first-order valence-electron chi connectivity index (χ1n) is 12.0. The van der Waals surface area contributed by atoms with Gasteiger partial charge in [-0.2, -0.15) is 0 Å². The van der Waals surface area contributed by atoms with E-state index in [9.17, 15) is 4.79 Å². The summed E-state index contributed by atoms with van der Waals surface area (Å²) in [6.45, 7) is 10.3. The highest BCUT2D eigenvalue weighted by Gasteiger charge is 2.17. The van der Waals surface area contributed by atoms with Crippen LogP contribution < -0.4 is 10.4 Å². The maximum absolute atomic E-state index is 13.5. The fraction of sp³-hybridized carbons (Fsp3) is 0.333. The molecule has 0 saturated carbocycles. The average molecular weight is 555 g/mol. The van der Waals surface area contributed by atoms with Gasteiger partial charge < -0.3 is 9.47 Å². The predicted molar refractivity (Wildman–Crippen MR) is 149 cm³/mol. The molecule has 0 N–H and O–H groups in total. The topological polar surface area (TPSA) is 47.5 Å². The molecule has 0 bridgehead atoms. The van der Waals surface area contributed by atoms with Gasteiger partial charge in [0.25, 0.3) is 5.56 Å². The van der Waals surface area contributed by atoms with E-state index in [-0.39, 0.29) is 5.56 Å². The van der Waals surface area contributed by atoms with Crippen molar-refractivity contribution < 1.29 is 0 Å². The van der Waals surface area contributed by atoms with Crippen LogP contribution in [0, 0.1) is 6.92 Å². The van der Waals surface area contributed by atoms with E-state index in [0.29, 0.717) is 5.69 Å². The molecule has 0 spiro atoms. The zero-order valence-corrected chi connectivity index (χ0v) is 23.1. The Kier molecular flexibility index (Phi) is 8.26. The summed E-state index contributed by atoms with van der Waals surface area (Å²) < 4.78 is 6.86. The molecule has 0 amide bonds. The Labute approximate surface area is 218 Å². The second-order valence-corrected chi connectivity index (χ2v) is 10.2. The van der Waals surface area contributed by atoms with Gasteiger partial charge in [-0.3, -0.25) is 9.48 Å². The lowest BCUT2D eigenvalue weighted by atomic mass is 10.2. The molecule has 6 nitrogen and oxygen atoms in total. The largest absolute Gasteiger partial charge is 0.316 e. The molecule has 184 valence electrons. The number of nitrogens with zero attached hydrogens (tertiary/aromatic N) is 5. The summed E-state index contributed by atoms with van der Waals surface area (Å²) in [7, 11) is 1.90. The molecule has 4 rings (SSSR count). The first-order valence-corrected chi connectivity index (χ1v) is 13.7. The molecule has 0 radical (unpaired) electrons. The summed E-state index contributed by atoms with van der Waals surface area (Å²) in [6.07, 6.45) is 1.01. The maximum atomic E-state index is 13.5. The van der Waals surface area contributed by atoms with Crippen molar-refractivity contribution in [1.82, 2.24) is 18.8 Å². The molecule has 2 aromatic heterocycles. The van der Waals surface area contributed by atoms with Crippen molar-refractivity contribution in [2.75, 3.05) is 19.6 Å². The van der Waals surface area contributed by atoms with Crippen LogP contribution in [-0.2, 0) is 13.6 Å². The molecular weight excluding hydrogens is 522 g/mol. The van der Waals surface area contributed by atoms with Crippen LogP contribution >= 0.6 is 27.3 Å². The highest BCUT2D eigenvalue weighted by Crippen LogP contribution is 2.25. The minimum absolute atomic E-state index is 0.108. The lowest BCUT2D eigenvalue weighted by Crippen LogP contribution is -2.26. The molecule has 0 unspecified atom stereocenters. The van der Waals surface area contributed by atoms with Crippen molar-refractivity contribution >= 4 is 33.0 Å². The summed E-state index contributed by atoms with van der Waals surface area (Å²) >= 11 is 5.18. The fourth-order valence-electron chi connectivity index (χ4n) is 4.28. The Hall–Kier alpha value is -2.68. The molecule has 0 aliphatic rings. The number of para-hydroxylation sites is 1. The second-order valence-electron chi connectivity index (χ2n) is 8.47. The lowest BCUT2D eigenvalue weighted by Gasteiger charge is -2.18. The third-order valence-corrected chi connectivity index (χ3v) is 7.76. The summed E-state index contributed by atoms with van der Waals surface area (Å²) in [5.74, 6) is 0. The van der Waals surface area contributed by atoms with Gasteiger partial charge in [-0.1, -0.05) is 60.1 Å². The average Bonchev–Trinajstić information content (AvgIpc) is 3.36. The molecule has 0 aliphatic heterocycles. The zero-order valence-electron chi connectivity index (χ0n) is 20.7. The van der Waals surface area contributed by atoms with Crippen LogP contribution in [-0.4, -0.2) is 38.5 Å². The quantitative estimate of drug-likeness (QED) is 0.265. The molecule has 2 heterocycles. The number of hydrogen-bond acceptors (Lipinski definition) is 4. The van der Waals surface area contributed by atoms with Crippen molar-refractivity contribution in [3.05, 3.63) is 85.3 Å². The normalized spacial score (nSPS) is 12.1. The van der Waals surface area contributed by atoms with Crippen molar-refractivity contribution in [3.63, 3.8) is 0 Å². The number of thiazole rings is 1. The fourth-order valence-corrected chi connectivity index (χ4v) is 5.62. The van der Waals surface area contributed by atoms with Crippen LogP contribution in [0.25, 0.3) is 16.9 Å². The molecule has 0 fully saturated rings. The third-order valence-electron chi connectivity index (χ3n) is 6.40. The summed E-state index contributed by atoms with van der Waals surface area (Å²) in [5, 5.41) is 2.14. The minimum atomic E-state index is -0.108. The Balaban J connectivity index is 1.81. The van der Waals surface area contributed by atoms with Crippen LogP contribution in [0.1, 0.15) is 26.0 Å². The molecular formula is C27H32BrN5OS. The van der Waals surface area contributed by atoms with E-state index in [2.05, 4.69) is 56.8 Å². The van der Waals surface area contributed by atoms with Gasteiger partial charge in [0, 0.05) is 29.0 Å². The molecule has 35 heavy (non-hydrogen) atoms. The van der Waals surface area contributed by atoms with E-state index in [1.807, 2.05) is 61.1 Å². The second kappa shape index (κ2) is 11.4. The van der Waals surface area contributed by atoms with Crippen LogP contribution in [0.2, 0.25) is 0 Å². The van der Waals surface area contributed by atoms with Crippen LogP contribution in [0.5, 0.6) is 0 Å². The first-order chi connectivity index (χ1) is 16.9. The molecule has 0 saturated heterocycles. The van der Waals surface area contributed by atoms with Gasteiger partial charge in [0.2, 0.25) is 0 Å². The molecule has 4 aromatic rings. The Morgan fingerprint density at radius 2 is 1.80 bits per heavy atom. The Morgan fingerprint density at radius 3 is 2.49 bits per heavy atom.